The maximum Gasteiger partial charge on any atom is 0.142 e. The molecule has 1 fully saturated rings. The largest absolute Gasteiger partial charge is 0.321 e. The first kappa shape index (κ1) is 20.2. The van der Waals surface area contributed by atoms with Crippen molar-refractivity contribution in [2.45, 2.75) is 31.7 Å². The number of rotatable bonds is 4. The highest BCUT2D eigenvalue weighted by molar-refractivity contribution is 7.13. The lowest BCUT2D eigenvalue weighted by Gasteiger charge is -2.38. The van der Waals surface area contributed by atoms with E-state index < -0.39 is 0 Å². The zero-order chi connectivity index (χ0) is 22.4. The molecule has 2 aromatic carbocycles. The molecule has 0 spiro atoms. The highest BCUT2D eigenvalue weighted by Gasteiger charge is 2.34. The van der Waals surface area contributed by atoms with Gasteiger partial charge in [0.15, 0.2) is 0 Å². The lowest BCUT2D eigenvalue weighted by atomic mass is 9.72. The van der Waals surface area contributed by atoms with Gasteiger partial charge in [-0.05, 0) is 49.4 Å². The Hall–Kier alpha value is -3.41. The monoisotopic (exact) mass is 448 g/mol. The van der Waals surface area contributed by atoms with Crippen molar-refractivity contribution in [3.63, 3.8) is 0 Å². The van der Waals surface area contributed by atoms with E-state index in [9.17, 15) is 0 Å². The summed E-state index contributed by atoms with van der Waals surface area (Å²) in [6.45, 7) is 2.01. The molecule has 33 heavy (non-hydrogen) atoms. The van der Waals surface area contributed by atoms with Gasteiger partial charge in [-0.1, -0.05) is 54.6 Å². The van der Waals surface area contributed by atoms with Crippen LogP contribution in [0.2, 0.25) is 0 Å². The van der Waals surface area contributed by atoms with Gasteiger partial charge in [-0.2, -0.15) is 0 Å². The minimum Gasteiger partial charge on any atom is -0.321 e. The molecule has 1 aliphatic rings. The van der Waals surface area contributed by atoms with Crippen molar-refractivity contribution >= 4 is 22.2 Å². The summed E-state index contributed by atoms with van der Waals surface area (Å²) in [5.74, 6) is 0. The zero-order valence-corrected chi connectivity index (χ0v) is 19.3. The molecule has 3 heterocycles. The quantitative estimate of drug-likeness (QED) is 0.331. The van der Waals surface area contributed by atoms with E-state index in [0.717, 1.165) is 62.5 Å². The van der Waals surface area contributed by atoms with E-state index in [1.165, 1.54) is 12.0 Å². The molecule has 162 valence electrons. The highest BCUT2D eigenvalue weighted by Crippen LogP contribution is 2.40. The summed E-state index contributed by atoms with van der Waals surface area (Å²) in [6.07, 6.45) is 5.15. The molecule has 0 atom stereocenters. The molecule has 0 saturated heterocycles. The molecule has 0 unspecified atom stereocenters. The molecule has 0 radical (unpaired) electrons. The van der Waals surface area contributed by atoms with Crippen molar-refractivity contribution in [3.05, 3.63) is 89.6 Å². The molecule has 4 nitrogen and oxygen atoms in total. The number of hydrogen-bond acceptors (Lipinski definition) is 5. The summed E-state index contributed by atoms with van der Waals surface area (Å²) in [7, 11) is 0. The van der Waals surface area contributed by atoms with Gasteiger partial charge in [-0.15, -0.1) is 11.3 Å². The Balaban J connectivity index is 1.55. The van der Waals surface area contributed by atoms with Crippen LogP contribution in [0.4, 0.5) is 0 Å². The van der Waals surface area contributed by atoms with Crippen molar-refractivity contribution in [1.29, 1.82) is 0 Å². The number of aryl methyl sites for hydroxylation is 1. The summed E-state index contributed by atoms with van der Waals surface area (Å²) in [5, 5.41) is 4.00. The minimum absolute atomic E-state index is 0.163. The van der Waals surface area contributed by atoms with Gasteiger partial charge in [-0.25, -0.2) is 9.97 Å². The predicted octanol–water partition coefficient (Wildman–Crippen LogP) is 6.73. The number of thiazole rings is 1. The molecule has 2 N–H and O–H groups in total. The fraction of sp³-hybridized carbons (Fsp3) is 0.179. The van der Waals surface area contributed by atoms with Crippen LogP contribution in [0.5, 0.6) is 0 Å². The van der Waals surface area contributed by atoms with Crippen LogP contribution in [0.15, 0.2) is 78.3 Å². The zero-order valence-electron chi connectivity index (χ0n) is 18.5. The SMILES string of the molecule is Cc1csc(-c2nccc3nc(-c4ccc(C5(N)CCC5)cc4)c(-c4ccccc4)cc23)n1. The second-order valence-corrected chi connectivity index (χ2v) is 9.72. The fourth-order valence-electron chi connectivity index (χ4n) is 4.59. The van der Waals surface area contributed by atoms with Crippen molar-refractivity contribution in [1.82, 2.24) is 15.0 Å². The molecule has 0 bridgehead atoms. The van der Waals surface area contributed by atoms with E-state index in [1.54, 1.807) is 11.3 Å². The van der Waals surface area contributed by atoms with Gasteiger partial charge in [0.2, 0.25) is 0 Å². The number of pyridine rings is 2. The molecule has 5 aromatic rings. The van der Waals surface area contributed by atoms with Crippen molar-refractivity contribution < 1.29 is 0 Å². The molecule has 0 aliphatic heterocycles. The standard InChI is InChI=1S/C28H24N4S/c1-18-17-33-27(31-18)26-23-16-22(19-6-3-2-4-7-19)25(32-24(23)12-15-30-26)20-8-10-21(11-9-20)28(29)13-5-14-28/h2-4,6-12,15-17H,5,13-14,29H2,1H3. The number of fused-ring (bicyclic) bond motifs is 1. The first-order chi connectivity index (χ1) is 16.1. The van der Waals surface area contributed by atoms with Crippen LogP contribution in [-0.4, -0.2) is 15.0 Å². The van der Waals surface area contributed by atoms with Crippen LogP contribution >= 0.6 is 11.3 Å². The lowest BCUT2D eigenvalue weighted by Crippen LogP contribution is -2.43. The van der Waals surface area contributed by atoms with E-state index in [1.807, 2.05) is 25.3 Å². The van der Waals surface area contributed by atoms with Gasteiger partial charge in [0.25, 0.3) is 0 Å². The van der Waals surface area contributed by atoms with Crippen molar-refractivity contribution in [2.24, 2.45) is 5.73 Å². The third-order valence-electron chi connectivity index (χ3n) is 6.63. The molecule has 3 aromatic heterocycles. The third kappa shape index (κ3) is 3.54. The number of nitrogens with zero attached hydrogens (tertiary/aromatic N) is 3. The van der Waals surface area contributed by atoms with Gasteiger partial charge >= 0.3 is 0 Å². The number of benzene rings is 2. The topological polar surface area (TPSA) is 64.7 Å². The first-order valence-corrected chi connectivity index (χ1v) is 12.2. The first-order valence-electron chi connectivity index (χ1n) is 11.3. The summed E-state index contributed by atoms with van der Waals surface area (Å²) >= 11 is 1.62. The predicted molar refractivity (Wildman–Crippen MR) is 136 cm³/mol. The van der Waals surface area contributed by atoms with Gasteiger partial charge in [-0.3, -0.25) is 4.98 Å². The molecular formula is C28H24N4S. The Bertz CT molecular complexity index is 1450. The maximum atomic E-state index is 6.55. The molecular weight excluding hydrogens is 424 g/mol. The van der Waals surface area contributed by atoms with Gasteiger partial charge in [0, 0.05) is 39.3 Å². The van der Waals surface area contributed by atoms with Crippen LogP contribution in [0.3, 0.4) is 0 Å². The van der Waals surface area contributed by atoms with Crippen molar-refractivity contribution in [2.75, 3.05) is 0 Å². The Morgan fingerprint density at radius 3 is 2.33 bits per heavy atom. The van der Waals surface area contributed by atoms with E-state index in [0.29, 0.717) is 0 Å². The Morgan fingerprint density at radius 1 is 0.879 bits per heavy atom. The Labute approximate surface area is 197 Å². The van der Waals surface area contributed by atoms with E-state index in [4.69, 9.17) is 10.7 Å². The third-order valence-corrected chi connectivity index (χ3v) is 7.60. The summed E-state index contributed by atoms with van der Waals surface area (Å²) in [5.41, 5.74) is 14.7. The van der Waals surface area contributed by atoms with Crippen LogP contribution in [0.1, 0.15) is 30.5 Å². The van der Waals surface area contributed by atoms with Crippen molar-refractivity contribution in [3.8, 4) is 33.1 Å². The number of aromatic nitrogens is 3. The van der Waals surface area contributed by atoms with Crippen LogP contribution in [-0.2, 0) is 5.54 Å². The normalized spacial score (nSPS) is 14.8. The summed E-state index contributed by atoms with van der Waals surface area (Å²) in [6, 6.07) is 23.3. The molecule has 6 rings (SSSR count). The average Bonchev–Trinajstić information content (AvgIpc) is 3.28. The van der Waals surface area contributed by atoms with Gasteiger partial charge < -0.3 is 5.73 Å². The summed E-state index contributed by atoms with van der Waals surface area (Å²) < 4.78 is 0. The van der Waals surface area contributed by atoms with E-state index in [2.05, 4.69) is 69.9 Å². The summed E-state index contributed by atoms with van der Waals surface area (Å²) in [4.78, 5) is 14.5. The lowest BCUT2D eigenvalue weighted by molar-refractivity contribution is 0.253. The smallest absolute Gasteiger partial charge is 0.142 e. The minimum atomic E-state index is -0.163. The van der Waals surface area contributed by atoms with Crippen LogP contribution < -0.4 is 5.73 Å². The Morgan fingerprint density at radius 2 is 1.67 bits per heavy atom. The number of hydrogen-bond donors (Lipinski definition) is 1. The second-order valence-electron chi connectivity index (χ2n) is 8.86. The van der Waals surface area contributed by atoms with E-state index in [-0.39, 0.29) is 5.54 Å². The molecule has 5 heteroatoms. The maximum absolute atomic E-state index is 6.55. The molecule has 1 saturated carbocycles. The fourth-order valence-corrected chi connectivity index (χ4v) is 5.40. The average molecular weight is 449 g/mol. The second kappa shape index (κ2) is 7.87. The highest BCUT2D eigenvalue weighted by atomic mass is 32.1. The van der Waals surface area contributed by atoms with E-state index >= 15 is 0 Å². The van der Waals surface area contributed by atoms with Crippen LogP contribution in [0, 0.1) is 6.92 Å². The molecule has 0 amide bonds. The molecule has 1 aliphatic carbocycles. The van der Waals surface area contributed by atoms with Crippen LogP contribution in [0.25, 0.3) is 44.0 Å². The van der Waals surface area contributed by atoms with Gasteiger partial charge in [0.1, 0.15) is 10.7 Å². The number of nitrogens with two attached hydrogens (primary N) is 1. The Kier molecular flexibility index (Phi) is 4.82. The van der Waals surface area contributed by atoms with Gasteiger partial charge in [0.05, 0.1) is 11.2 Å².